The fourth-order valence-corrected chi connectivity index (χ4v) is 2.33. The van der Waals surface area contributed by atoms with Crippen LogP contribution in [0.15, 0.2) is 48.5 Å². The number of carbonyl (C=O) groups excluding carboxylic acids is 2. The summed E-state index contributed by atoms with van der Waals surface area (Å²) >= 11 is 0. The normalized spacial score (nSPS) is 11.5. The Bertz CT molecular complexity index is 753. The Kier molecular flexibility index (Phi) is 6.45. The smallest absolute Gasteiger partial charge is 0.315 e. The Morgan fingerprint density at radius 1 is 1.04 bits per heavy atom. The number of hydrogen-bond donors (Lipinski definition) is 3. The lowest BCUT2D eigenvalue weighted by molar-refractivity contribution is -0.119. The highest BCUT2D eigenvalue weighted by atomic mass is 19.1. The van der Waals surface area contributed by atoms with Gasteiger partial charge in [-0.05, 0) is 41.8 Å². The number of carbonyl (C=O) groups is 2. The van der Waals surface area contributed by atoms with Gasteiger partial charge >= 0.3 is 6.03 Å². The topological polar surface area (TPSA) is 70.2 Å². The summed E-state index contributed by atoms with van der Waals surface area (Å²) in [5.41, 5.74) is 1.19. The molecule has 3 N–H and O–H groups in total. The molecule has 0 aliphatic heterocycles. The van der Waals surface area contributed by atoms with Crippen molar-refractivity contribution in [2.24, 2.45) is 0 Å². The zero-order valence-electron chi connectivity index (χ0n) is 13.7. The van der Waals surface area contributed by atoms with E-state index in [2.05, 4.69) is 16.0 Å². The first kappa shape index (κ1) is 18.4. The molecule has 0 aromatic heterocycles. The zero-order chi connectivity index (χ0) is 18.2. The molecule has 0 aliphatic carbocycles. The van der Waals surface area contributed by atoms with Gasteiger partial charge in [-0.1, -0.05) is 24.3 Å². The van der Waals surface area contributed by atoms with Crippen LogP contribution in [0, 0.1) is 11.6 Å². The Hall–Kier alpha value is -2.96. The minimum Gasteiger partial charge on any atom is -0.358 e. The van der Waals surface area contributed by atoms with Gasteiger partial charge in [-0.3, -0.25) is 4.79 Å². The Morgan fingerprint density at radius 2 is 1.72 bits per heavy atom. The highest BCUT2D eigenvalue weighted by Crippen LogP contribution is 2.20. The summed E-state index contributed by atoms with van der Waals surface area (Å²) in [7, 11) is 1.46. The van der Waals surface area contributed by atoms with Crippen molar-refractivity contribution >= 4 is 11.9 Å². The number of urea groups is 1. The third-order valence-electron chi connectivity index (χ3n) is 3.57. The first-order valence-corrected chi connectivity index (χ1v) is 7.73. The molecule has 2 rings (SSSR count). The van der Waals surface area contributed by atoms with Crippen molar-refractivity contribution in [1.82, 2.24) is 16.0 Å². The molecular formula is C18H19F2N3O2. The molecule has 2 aromatic carbocycles. The quantitative estimate of drug-likeness (QED) is 0.750. The van der Waals surface area contributed by atoms with Crippen molar-refractivity contribution in [2.45, 2.75) is 12.5 Å². The van der Waals surface area contributed by atoms with E-state index >= 15 is 0 Å². The van der Waals surface area contributed by atoms with Crippen molar-refractivity contribution in [3.63, 3.8) is 0 Å². The second kappa shape index (κ2) is 8.77. The molecule has 0 aliphatic rings. The molecule has 0 saturated heterocycles. The molecule has 2 aromatic rings. The van der Waals surface area contributed by atoms with Crippen LogP contribution < -0.4 is 16.0 Å². The van der Waals surface area contributed by atoms with Crippen molar-refractivity contribution < 1.29 is 18.4 Å². The number of halogens is 2. The summed E-state index contributed by atoms with van der Waals surface area (Å²) in [5.74, 6) is -1.17. The van der Waals surface area contributed by atoms with Crippen molar-refractivity contribution in [3.05, 3.63) is 71.3 Å². The molecule has 3 amide bonds. The van der Waals surface area contributed by atoms with Crippen molar-refractivity contribution in [2.75, 3.05) is 13.6 Å². The lowest BCUT2D eigenvalue weighted by Gasteiger charge is -2.20. The van der Waals surface area contributed by atoms with E-state index in [9.17, 15) is 18.4 Å². The van der Waals surface area contributed by atoms with E-state index in [-0.39, 0.29) is 24.7 Å². The van der Waals surface area contributed by atoms with Gasteiger partial charge in [0.1, 0.15) is 11.6 Å². The third kappa shape index (κ3) is 5.87. The molecule has 0 heterocycles. The number of benzene rings is 2. The fourth-order valence-electron chi connectivity index (χ4n) is 2.33. The molecule has 5 nitrogen and oxygen atoms in total. The maximum Gasteiger partial charge on any atom is 0.315 e. The first-order chi connectivity index (χ1) is 12.0. The lowest BCUT2D eigenvalue weighted by Crippen LogP contribution is -2.43. The first-order valence-electron chi connectivity index (χ1n) is 7.73. The number of nitrogens with one attached hydrogen (secondary N) is 3. The van der Waals surface area contributed by atoms with Crippen LogP contribution in [0.3, 0.4) is 0 Å². The molecule has 0 bridgehead atoms. The summed E-state index contributed by atoms with van der Waals surface area (Å²) in [6, 6.07) is 10.6. The molecule has 25 heavy (non-hydrogen) atoms. The van der Waals surface area contributed by atoms with Gasteiger partial charge in [0.2, 0.25) is 5.91 Å². The van der Waals surface area contributed by atoms with Gasteiger partial charge in [0.05, 0.1) is 12.6 Å². The zero-order valence-corrected chi connectivity index (χ0v) is 13.7. The Morgan fingerprint density at radius 3 is 2.36 bits per heavy atom. The second-order valence-electron chi connectivity index (χ2n) is 5.44. The standard InChI is InChI=1S/C18H19F2N3O2/c1-21-17(24)11-22-18(25)23-16(13-5-3-7-15(20)10-13)9-12-4-2-6-14(19)8-12/h2-8,10,16H,9,11H2,1H3,(H,21,24)(H2,22,23,25). The van der Waals surface area contributed by atoms with Gasteiger partial charge in [-0.15, -0.1) is 0 Å². The van der Waals surface area contributed by atoms with E-state index in [1.807, 2.05) is 0 Å². The largest absolute Gasteiger partial charge is 0.358 e. The minimum absolute atomic E-state index is 0.182. The molecule has 132 valence electrons. The lowest BCUT2D eigenvalue weighted by atomic mass is 9.99. The maximum absolute atomic E-state index is 13.5. The van der Waals surface area contributed by atoms with Gasteiger partial charge in [-0.25, -0.2) is 13.6 Å². The van der Waals surface area contributed by atoms with Gasteiger partial charge in [-0.2, -0.15) is 0 Å². The molecule has 0 saturated carbocycles. The van der Waals surface area contributed by atoms with Crippen LogP contribution in [-0.2, 0) is 11.2 Å². The molecule has 0 spiro atoms. The highest BCUT2D eigenvalue weighted by molar-refractivity contribution is 5.83. The van der Waals surface area contributed by atoms with E-state index in [0.717, 1.165) is 0 Å². The van der Waals surface area contributed by atoms with Crippen LogP contribution >= 0.6 is 0 Å². The maximum atomic E-state index is 13.5. The average Bonchev–Trinajstić information content (AvgIpc) is 2.59. The van der Waals surface area contributed by atoms with E-state index in [1.54, 1.807) is 18.2 Å². The van der Waals surface area contributed by atoms with E-state index in [0.29, 0.717) is 11.1 Å². The predicted octanol–water partition coefficient (Wildman–Crippen LogP) is 2.29. The van der Waals surface area contributed by atoms with Crippen LogP contribution in [0.5, 0.6) is 0 Å². The molecular weight excluding hydrogens is 328 g/mol. The molecule has 7 heteroatoms. The number of hydrogen-bond acceptors (Lipinski definition) is 2. The summed E-state index contributed by atoms with van der Waals surface area (Å²) in [5, 5.41) is 7.49. The van der Waals surface area contributed by atoms with Crippen LogP contribution in [0.25, 0.3) is 0 Å². The van der Waals surface area contributed by atoms with Gasteiger partial charge < -0.3 is 16.0 Å². The second-order valence-corrected chi connectivity index (χ2v) is 5.44. The average molecular weight is 347 g/mol. The fraction of sp³-hybridized carbons (Fsp3) is 0.222. The molecule has 0 fully saturated rings. The summed E-state index contributed by atoms with van der Waals surface area (Å²) in [4.78, 5) is 23.2. The highest BCUT2D eigenvalue weighted by Gasteiger charge is 2.16. The van der Waals surface area contributed by atoms with Gasteiger partial charge in [0.15, 0.2) is 0 Å². The number of rotatable bonds is 6. The van der Waals surface area contributed by atoms with Crippen LogP contribution in [-0.4, -0.2) is 25.5 Å². The minimum atomic E-state index is -0.581. The van der Waals surface area contributed by atoms with Crippen LogP contribution in [0.2, 0.25) is 0 Å². The predicted molar refractivity (Wildman–Crippen MR) is 89.8 cm³/mol. The van der Waals surface area contributed by atoms with Crippen LogP contribution in [0.4, 0.5) is 13.6 Å². The van der Waals surface area contributed by atoms with E-state index in [4.69, 9.17) is 0 Å². The number of likely N-dealkylation sites (N-methyl/N-ethyl adjacent to an activating group) is 1. The summed E-state index contributed by atoms with van der Waals surface area (Å²) in [6.07, 6.45) is 0.272. The number of amides is 3. The summed E-state index contributed by atoms with van der Waals surface area (Å²) < 4.78 is 26.9. The van der Waals surface area contributed by atoms with E-state index in [1.165, 1.54) is 37.4 Å². The molecule has 0 radical (unpaired) electrons. The SMILES string of the molecule is CNC(=O)CNC(=O)NC(Cc1cccc(F)c1)c1cccc(F)c1. The van der Waals surface area contributed by atoms with E-state index < -0.39 is 17.9 Å². The molecule has 1 atom stereocenters. The van der Waals surface area contributed by atoms with Gasteiger partial charge in [0.25, 0.3) is 0 Å². The summed E-state index contributed by atoms with van der Waals surface area (Å²) in [6.45, 7) is -0.182. The Balaban J connectivity index is 2.14. The van der Waals surface area contributed by atoms with Crippen molar-refractivity contribution in [1.29, 1.82) is 0 Å². The Labute approximate surface area is 144 Å². The van der Waals surface area contributed by atoms with Gasteiger partial charge in [0, 0.05) is 7.05 Å². The van der Waals surface area contributed by atoms with Crippen LogP contribution in [0.1, 0.15) is 17.2 Å². The monoisotopic (exact) mass is 347 g/mol. The third-order valence-corrected chi connectivity index (χ3v) is 3.57. The molecule has 1 unspecified atom stereocenters. The van der Waals surface area contributed by atoms with Crippen molar-refractivity contribution in [3.8, 4) is 0 Å².